The van der Waals surface area contributed by atoms with Gasteiger partial charge in [0.15, 0.2) is 11.6 Å². The fourth-order valence-corrected chi connectivity index (χ4v) is 6.33. The molecular weight excluding hydrogens is 601 g/mol. The summed E-state index contributed by atoms with van der Waals surface area (Å²) < 4.78 is 79.6. The zero-order valence-electron chi connectivity index (χ0n) is 22.9. The van der Waals surface area contributed by atoms with Crippen LogP contribution in [-0.4, -0.2) is 36.2 Å². The van der Waals surface area contributed by atoms with Crippen LogP contribution in [-0.2, 0) is 15.4 Å². The standard InChI is InChI=1S/C30H25F3N4O4S2/c1-30(10-12-40-26-16(4-3-5-20(26)30)9-13-43(34,38)39)22-15-36-29(37-22)19-14-17(6-7-21(19)31)41-27-24(33)23(32)25-18(8-11-35-25)28(27)42-2/h3-9,11,13-15,35H,10,12H2,1-2H3,(H,36,37)(H2,34,38,39)/b13-9+. The third-order valence-corrected chi connectivity index (χ3v) is 8.82. The molecule has 222 valence electrons. The average Bonchev–Trinajstić information content (AvgIpc) is 3.67. The van der Waals surface area contributed by atoms with Gasteiger partial charge in [-0.15, -0.1) is 11.8 Å². The number of aromatic nitrogens is 3. The predicted octanol–water partition coefficient (Wildman–Crippen LogP) is 6.84. The topological polar surface area (TPSA) is 123 Å². The summed E-state index contributed by atoms with van der Waals surface area (Å²) in [6, 6.07) is 10.9. The quantitative estimate of drug-likeness (QED) is 0.170. The Morgan fingerprint density at radius 3 is 2.72 bits per heavy atom. The summed E-state index contributed by atoms with van der Waals surface area (Å²) in [5.74, 6) is -2.33. The SMILES string of the molecule is CSc1c(Oc2ccc(F)c(-c3nc(C4(C)CCOc5c(/C=C/S(N)(=O)=O)cccc54)c[nH]3)c2)c(F)c(F)c2[nH]ccc12. The smallest absolute Gasteiger partial charge is 0.231 e. The molecule has 8 nitrogen and oxygen atoms in total. The number of imidazole rings is 1. The van der Waals surface area contributed by atoms with Crippen LogP contribution >= 0.6 is 11.8 Å². The molecule has 0 spiro atoms. The van der Waals surface area contributed by atoms with Gasteiger partial charge < -0.3 is 19.4 Å². The first-order chi connectivity index (χ1) is 20.5. The van der Waals surface area contributed by atoms with Crippen molar-refractivity contribution in [3.8, 4) is 28.6 Å². The second-order valence-corrected chi connectivity index (χ2v) is 12.4. The number of halogens is 3. The molecule has 3 heterocycles. The van der Waals surface area contributed by atoms with Crippen LogP contribution in [0.3, 0.4) is 0 Å². The highest BCUT2D eigenvalue weighted by atomic mass is 32.2. The average molecular weight is 627 g/mol. The molecule has 5 aromatic rings. The Labute approximate surface area is 249 Å². The fraction of sp³-hybridized carbons (Fsp3) is 0.167. The predicted molar refractivity (Wildman–Crippen MR) is 159 cm³/mol. The van der Waals surface area contributed by atoms with Crippen LogP contribution in [0.1, 0.15) is 30.2 Å². The van der Waals surface area contributed by atoms with Crippen LogP contribution in [0.25, 0.3) is 28.4 Å². The van der Waals surface area contributed by atoms with Gasteiger partial charge in [-0.2, -0.15) is 4.39 Å². The van der Waals surface area contributed by atoms with Crippen molar-refractivity contribution < 1.29 is 31.1 Å². The van der Waals surface area contributed by atoms with E-state index in [1.807, 2.05) is 13.0 Å². The maximum absolute atomic E-state index is 15.1. The van der Waals surface area contributed by atoms with E-state index in [-0.39, 0.29) is 28.4 Å². The highest BCUT2D eigenvalue weighted by molar-refractivity contribution is 7.99. The number of sulfonamides is 1. The first kappa shape index (κ1) is 28.9. The molecule has 3 aromatic carbocycles. The van der Waals surface area contributed by atoms with E-state index in [0.717, 1.165) is 11.0 Å². The maximum atomic E-state index is 15.1. The molecule has 0 bridgehead atoms. The number of ether oxygens (including phenoxy) is 2. The van der Waals surface area contributed by atoms with Crippen molar-refractivity contribution in [2.45, 2.75) is 23.7 Å². The van der Waals surface area contributed by atoms with Crippen molar-refractivity contribution in [2.24, 2.45) is 5.14 Å². The van der Waals surface area contributed by atoms with E-state index in [2.05, 4.69) is 9.97 Å². The Bertz CT molecular complexity index is 2020. The molecule has 0 saturated heterocycles. The molecule has 1 atom stereocenters. The molecule has 0 saturated carbocycles. The highest BCUT2D eigenvalue weighted by Gasteiger charge is 2.38. The van der Waals surface area contributed by atoms with E-state index in [0.29, 0.717) is 40.3 Å². The molecule has 6 rings (SSSR count). The minimum atomic E-state index is -3.84. The summed E-state index contributed by atoms with van der Waals surface area (Å²) in [6.45, 7) is 2.30. The number of aromatic amines is 2. The van der Waals surface area contributed by atoms with Crippen molar-refractivity contribution >= 4 is 38.8 Å². The molecule has 1 aliphatic heterocycles. The Morgan fingerprint density at radius 1 is 1.14 bits per heavy atom. The lowest BCUT2D eigenvalue weighted by Crippen LogP contribution is -2.31. The van der Waals surface area contributed by atoms with Gasteiger partial charge in [0.25, 0.3) is 0 Å². The fourth-order valence-electron chi connectivity index (χ4n) is 5.28. The van der Waals surface area contributed by atoms with E-state index in [4.69, 9.17) is 19.6 Å². The van der Waals surface area contributed by atoms with Crippen LogP contribution in [0.5, 0.6) is 17.2 Å². The van der Waals surface area contributed by atoms with Crippen molar-refractivity contribution in [1.29, 1.82) is 0 Å². The number of para-hydroxylation sites is 1. The number of fused-ring (bicyclic) bond motifs is 2. The Balaban J connectivity index is 1.36. The number of H-pyrrole nitrogens is 2. The first-order valence-corrected chi connectivity index (χ1v) is 15.9. The molecule has 43 heavy (non-hydrogen) atoms. The summed E-state index contributed by atoms with van der Waals surface area (Å²) >= 11 is 1.20. The van der Waals surface area contributed by atoms with Crippen LogP contribution in [0.15, 0.2) is 65.2 Å². The lowest BCUT2D eigenvalue weighted by atomic mass is 9.75. The lowest BCUT2D eigenvalue weighted by molar-refractivity contribution is 0.241. The number of nitrogens with two attached hydrogens (primary N) is 1. The van der Waals surface area contributed by atoms with Crippen LogP contribution in [0.4, 0.5) is 13.2 Å². The summed E-state index contributed by atoms with van der Waals surface area (Å²) in [4.78, 5) is 10.8. The van der Waals surface area contributed by atoms with E-state index in [1.54, 1.807) is 30.7 Å². The molecular formula is C30H25F3N4O4S2. The van der Waals surface area contributed by atoms with Gasteiger partial charge in [-0.05, 0) is 49.9 Å². The minimum Gasteiger partial charge on any atom is -0.493 e. The third kappa shape index (κ3) is 5.17. The lowest BCUT2D eigenvalue weighted by Gasteiger charge is -2.35. The van der Waals surface area contributed by atoms with E-state index in [9.17, 15) is 12.8 Å². The van der Waals surface area contributed by atoms with E-state index >= 15 is 8.78 Å². The number of rotatable bonds is 7. The van der Waals surface area contributed by atoms with Gasteiger partial charge in [0.1, 0.15) is 23.1 Å². The third-order valence-electron chi connectivity index (χ3n) is 7.50. The molecule has 13 heteroatoms. The van der Waals surface area contributed by atoms with Crippen molar-refractivity contribution in [2.75, 3.05) is 12.9 Å². The molecule has 1 aliphatic rings. The molecule has 0 amide bonds. The molecule has 2 aromatic heterocycles. The van der Waals surface area contributed by atoms with E-state index in [1.165, 1.54) is 42.2 Å². The van der Waals surface area contributed by atoms with Gasteiger partial charge in [0, 0.05) is 39.7 Å². The second-order valence-electron chi connectivity index (χ2n) is 10.2. The molecule has 0 radical (unpaired) electrons. The van der Waals surface area contributed by atoms with Crippen molar-refractivity contribution in [3.63, 3.8) is 0 Å². The monoisotopic (exact) mass is 626 g/mol. The largest absolute Gasteiger partial charge is 0.493 e. The highest BCUT2D eigenvalue weighted by Crippen LogP contribution is 2.46. The van der Waals surface area contributed by atoms with E-state index < -0.39 is 32.9 Å². The number of nitrogens with zero attached hydrogens (tertiary/aromatic N) is 1. The Hall–Kier alpha value is -4.20. The zero-order chi connectivity index (χ0) is 30.5. The van der Waals surface area contributed by atoms with Gasteiger partial charge in [-0.3, -0.25) is 0 Å². The maximum Gasteiger partial charge on any atom is 0.231 e. The number of hydrogen-bond donors (Lipinski definition) is 3. The second kappa shape index (κ2) is 10.8. The summed E-state index contributed by atoms with van der Waals surface area (Å²) in [5, 5.41) is 6.50. The number of hydrogen-bond acceptors (Lipinski definition) is 6. The molecule has 0 fully saturated rings. The van der Waals surface area contributed by atoms with Gasteiger partial charge >= 0.3 is 0 Å². The summed E-state index contributed by atoms with van der Waals surface area (Å²) in [6.07, 6.45) is 6.83. The van der Waals surface area contributed by atoms with Crippen molar-refractivity contribution in [3.05, 3.63) is 94.5 Å². The van der Waals surface area contributed by atoms with Gasteiger partial charge in [0.2, 0.25) is 15.8 Å². The number of benzene rings is 3. The van der Waals surface area contributed by atoms with Crippen molar-refractivity contribution in [1.82, 2.24) is 15.0 Å². The minimum absolute atomic E-state index is 0.0350. The normalized spacial score (nSPS) is 16.9. The number of primary sulfonamides is 1. The first-order valence-electron chi connectivity index (χ1n) is 13.0. The van der Waals surface area contributed by atoms with Crippen LogP contribution in [0.2, 0.25) is 0 Å². The van der Waals surface area contributed by atoms with Gasteiger partial charge in [-0.25, -0.2) is 27.3 Å². The zero-order valence-corrected chi connectivity index (χ0v) is 24.5. The van der Waals surface area contributed by atoms with Crippen LogP contribution < -0.4 is 14.6 Å². The number of thioether (sulfide) groups is 1. The number of nitrogens with one attached hydrogen (secondary N) is 2. The Kier molecular flexibility index (Phi) is 7.27. The van der Waals surface area contributed by atoms with Gasteiger partial charge in [0.05, 0.1) is 28.3 Å². The summed E-state index contributed by atoms with van der Waals surface area (Å²) in [7, 11) is -3.84. The Morgan fingerprint density at radius 2 is 1.95 bits per heavy atom. The van der Waals surface area contributed by atoms with Gasteiger partial charge in [-0.1, -0.05) is 18.2 Å². The molecule has 1 unspecified atom stereocenters. The summed E-state index contributed by atoms with van der Waals surface area (Å²) in [5.41, 5.74) is 1.34. The molecule has 0 aliphatic carbocycles. The molecule has 4 N–H and O–H groups in total. The van der Waals surface area contributed by atoms with Crippen LogP contribution in [0, 0.1) is 17.5 Å².